The summed E-state index contributed by atoms with van der Waals surface area (Å²) in [4.78, 5) is 2.46. The molecule has 3 nitrogen and oxygen atoms in total. The molecule has 1 aromatic rings. The van der Waals surface area contributed by atoms with Gasteiger partial charge in [0.25, 0.3) is 0 Å². The first-order chi connectivity index (χ1) is 8.34. The van der Waals surface area contributed by atoms with Crippen LogP contribution < -0.4 is 5.32 Å². The molecule has 0 radical (unpaired) electrons. The molecule has 1 aliphatic heterocycles. The van der Waals surface area contributed by atoms with Crippen molar-refractivity contribution < 1.29 is 4.74 Å². The zero-order chi connectivity index (χ0) is 11.9. The number of anilines is 1. The minimum atomic E-state index is 0.872. The number of benzene rings is 1. The second-order valence-electron chi connectivity index (χ2n) is 4.24. The zero-order valence-electron chi connectivity index (χ0n) is 9.99. The maximum atomic E-state index is 5.44. The molecule has 0 unspecified atom stereocenters. The predicted octanol–water partition coefficient (Wildman–Crippen LogP) is 2.58. The van der Waals surface area contributed by atoms with E-state index in [0.29, 0.717) is 0 Å². The van der Waals surface area contributed by atoms with E-state index >= 15 is 0 Å². The SMILES string of the molecule is Brc1cccc(NCCN2CCCOCC2)c1. The molecule has 1 fully saturated rings. The molecule has 1 aromatic carbocycles. The fourth-order valence-corrected chi connectivity index (χ4v) is 2.38. The number of hydrogen-bond acceptors (Lipinski definition) is 3. The smallest absolute Gasteiger partial charge is 0.0593 e. The highest BCUT2D eigenvalue weighted by Crippen LogP contribution is 2.15. The number of nitrogens with one attached hydrogen (secondary N) is 1. The van der Waals surface area contributed by atoms with Crippen LogP contribution >= 0.6 is 15.9 Å². The summed E-state index contributed by atoms with van der Waals surface area (Å²) in [7, 11) is 0. The summed E-state index contributed by atoms with van der Waals surface area (Å²) in [5.74, 6) is 0. The topological polar surface area (TPSA) is 24.5 Å². The van der Waals surface area contributed by atoms with Gasteiger partial charge in [-0.15, -0.1) is 0 Å². The molecule has 17 heavy (non-hydrogen) atoms. The maximum absolute atomic E-state index is 5.44. The van der Waals surface area contributed by atoms with Crippen LogP contribution in [0.2, 0.25) is 0 Å². The molecule has 1 heterocycles. The van der Waals surface area contributed by atoms with Gasteiger partial charge in [0.15, 0.2) is 0 Å². The summed E-state index contributed by atoms with van der Waals surface area (Å²) in [6.07, 6.45) is 1.15. The first-order valence-corrected chi connectivity index (χ1v) is 6.93. The van der Waals surface area contributed by atoms with Gasteiger partial charge in [-0.05, 0) is 24.6 Å². The average molecular weight is 299 g/mol. The average Bonchev–Trinajstić information content (AvgIpc) is 2.58. The Morgan fingerprint density at radius 1 is 1.29 bits per heavy atom. The fraction of sp³-hybridized carbons (Fsp3) is 0.538. The third-order valence-corrected chi connectivity index (χ3v) is 3.39. The van der Waals surface area contributed by atoms with Gasteiger partial charge in [0.1, 0.15) is 0 Å². The molecule has 0 amide bonds. The lowest BCUT2D eigenvalue weighted by Crippen LogP contribution is -2.31. The van der Waals surface area contributed by atoms with E-state index in [1.807, 2.05) is 12.1 Å². The zero-order valence-corrected chi connectivity index (χ0v) is 11.6. The highest BCUT2D eigenvalue weighted by atomic mass is 79.9. The Morgan fingerprint density at radius 2 is 2.24 bits per heavy atom. The minimum absolute atomic E-state index is 0.872. The van der Waals surface area contributed by atoms with Crippen molar-refractivity contribution in [2.45, 2.75) is 6.42 Å². The van der Waals surface area contributed by atoms with Gasteiger partial charge in [-0.25, -0.2) is 0 Å². The number of nitrogens with zero attached hydrogens (tertiary/aromatic N) is 1. The lowest BCUT2D eigenvalue weighted by molar-refractivity contribution is 0.142. The second kappa shape index (κ2) is 6.99. The highest BCUT2D eigenvalue weighted by Gasteiger charge is 2.07. The first-order valence-electron chi connectivity index (χ1n) is 6.14. The van der Waals surface area contributed by atoms with Crippen LogP contribution in [0.25, 0.3) is 0 Å². The van der Waals surface area contributed by atoms with Crippen molar-refractivity contribution in [3.05, 3.63) is 28.7 Å². The van der Waals surface area contributed by atoms with Crippen LogP contribution in [-0.2, 0) is 4.74 Å². The maximum Gasteiger partial charge on any atom is 0.0593 e. The van der Waals surface area contributed by atoms with Gasteiger partial charge in [0.2, 0.25) is 0 Å². The van der Waals surface area contributed by atoms with E-state index in [2.05, 4.69) is 38.3 Å². The first kappa shape index (κ1) is 12.9. The molecule has 2 rings (SSSR count). The van der Waals surface area contributed by atoms with Gasteiger partial charge in [0.05, 0.1) is 6.61 Å². The summed E-state index contributed by atoms with van der Waals surface area (Å²) in [5, 5.41) is 3.44. The Bertz CT molecular complexity index is 338. The Morgan fingerprint density at radius 3 is 3.12 bits per heavy atom. The van der Waals surface area contributed by atoms with Crippen molar-refractivity contribution in [1.29, 1.82) is 0 Å². The summed E-state index contributed by atoms with van der Waals surface area (Å²) in [5.41, 5.74) is 1.17. The van der Waals surface area contributed by atoms with Crippen LogP contribution in [0.3, 0.4) is 0 Å². The second-order valence-corrected chi connectivity index (χ2v) is 5.16. The number of hydrogen-bond donors (Lipinski definition) is 1. The van der Waals surface area contributed by atoms with Crippen molar-refractivity contribution in [2.75, 3.05) is 44.7 Å². The molecule has 94 valence electrons. The van der Waals surface area contributed by atoms with Crippen molar-refractivity contribution in [3.8, 4) is 0 Å². The molecule has 0 aromatic heterocycles. The monoisotopic (exact) mass is 298 g/mol. The van der Waals surface area contributed by atoms with Crippen molar-refractivity contribution >= 4 is 21.6 Å². The van der Waals surface area contributed by atoms with Crippen molar-refractivity contribution in [2.24, 2.45) is 0 Å². The normalized spacial score (nSPS) is 17.7. The van der Waals surface area contributed by atoms with Gasteiger partial charge in [0, 0.05) is 42.9 Å². The number of halogens is 1. The fourth-order valence-electron chi connectivity index (χ4n) is 1.98. The summed E-state index contributed by atoms with van der Waals surface area (Å²) < 4.78 is 6.55. The van der Waals surface area contributed by atoms with Crippen LogP contribution in [0.15, 0.2) is 28.7 Å². The Balaban J connectivity index is 1.71. The minimum Gasteiger partial charge on any atom is -0.384 e. The van der Waals surface area contributed by atoms with Crippen LogP contribution in [-0.4, -0.2) is 44.3 Å². The summed E-state index contributed by atoms with van der Waals surface area (Å²) >= 11 is 3.47. The van der Waals surface area contributed by atoms with E-state index in [1.54, 1.807) is 0 Å². The lowest BCUT2D eigenvalue weighted by atomic mass is 10.3. The van der Waals surface area contributed by atoms with Crippen LogP contribution in [0.5, 0.6) is 0 Å². The van der Waals surface area contributed by atoms with Crippen LogP contribution in [0.4, 0.5) is 5.69 Å². The van der Waals surface area contributed by atoms with E-state index in [0.717, 1.165) is 50.3 Å². The van der Waals surface area contributed by atoms with E-state index < -0.39 is 0 Å². The largest absolute Gasteiger partial charge is 0.384 e. The van der Waals surface area contributed by atoms with Crippen LogP contribution in [0, 0.1) is 0 Å². The Hall–Kier alpha value is -0.580. The summed E-state index contributed by atoms with van der Waals surface area (Å²) in [6.45, 7) is 6.05. The van der Waals surface area contributed by atoms with Gasteiger partial charge < -0.3 is 10.1 Å². The molecule has 0 spiro atoms. The highest BCUT2D eigenvalue weighted by molar-refractivity contribution is 9.10. The molecule has 0 atom stereocenters. The summed E-state index contributed by atoms with van der Waals surface area (Å²) in [6, 6.07) is 8.28. The van der Waals surface area contributed by atoms with E-state index in [4.69, 9.17) is 4.74 Å². The van der Waals surface area contributed by atoms with Crippen molar-refractivity contribution in [1.82, 2.24) is 4.90 Å². The molecule has 0 bridgehead atoms. The van der Waals surface area contributed by atoms with Gasteiger partial charge >= 0.3 is 0 Å². The molecule has 0 aliphatic carbocycles. The van der Waals surface area contributed by atoms with Crippen molar-refractivity contribution in [3.63, 3.8) is 0 Å². The number of rotatable bonds is 4. The molecule has 1 aliphatic rings. The number of ether oxygens (including phenoxy) is 1. The molecule has 1 N–H and O–H groups in total. The van der Waals surface area contributed by atoms with Gasteiger partial charge in [-0.2, -0.15) is 0 Å². The molecule has 1 saturated heterocycles. The Kier molecular flexibility index (Phi) is 5.29. The van der Waals surface area contributed by atoms with E-state index in [-0.39, 0.29) is 0 Å². The molecular weight excluding hydrogens is 280 g/mol. The molecular formula is C13H19BrN2O. The third-order valence-electron chi connectivity index (χ3n) is 2.90. The quantitative estimate of drug-likeness (QED) is 0.925. The van der Waals surface area contributed by atoms with Gasteiger partial charge in [-0.1, -0.05) is 22.0 Å². The van der Waals surface area contributed by atoms with E-state index in [9.17, 15) is 0 Å². The standard InChI is InChI=1S/C13H19BrN2O/c14-12-3-1-4-13(11-12)15-5-7-16-6-2-9-17-10-8-16/h1,3-4,11,15H,2,5-10H2. The molecule has 4 heteroatoms. The van der Waals surface area contributed by atoms with Crippen LogP contribution in [0.1, 0.15) is 6.42 Å². The van der Waals surface area contributed by atoms with Gasteiger partial charge in [-0.3, -0.25) is 4.90 Å². The lowest BCUT2D eigenvalue weighted by Gasteiger charge is -2.19. The molecule has 0 saturated carbocycles. The predicted molar refractivity (Wildman–Crippen MR) is 74.5 cm³/mol. The third kappa shape index (κ3) is 4.66. The van der Waals surface area contributed by atoms with E-state index in [1.165, 1.54) is 5.69 Å². The Labute approximate surface area is 111 Å².